The van der Waals surface area contributed by atoms with Crippen molar-refractivity contribution in [2.75, 3.05) is 18.4 Å². The van der Waals surface area contributed by atoms with Gasteiger partial charge in [-0.05, 0) is 62.3 Å². The average molecular weight is 557 g/mol. The standard InChI is InChI=1S/C22H20Cl3N5O4S/c23-13-4-6-15(7-5-13)35(33,34)30-12-18(28-21(31)19-16(24)2-1-3-17(19)25)20(29-30)22(32)27-14-8-10-26-11-9-14/h1-7,12,14,26H,8-11H2,(H,27,32)(H,28,31). The fourth-order valence-electron chi connectivity index (χ4n) is 3.57. The van der Waals surface area contributed by atoms with Crippen LogP contribution in [0.1, 0.15) is 33.7 Å². The van der Waals surface area contributed by atoms with E-state index in [0.29, 0.717) is 22.0 Å². The molecule has 0 spiro atoms. The van der Waals surface area contributed by atoms with Crippen molar-refractivity contribution in [3.63, 3.8) is 0 Å². The quantitative estimate of drug-likeness (QED) is 0.424. The fourth-order valence-corrected chi connectivity index (χ4v) is 5.39. The highest BCUT2D eigenvalue weighted by Gasteiger charge is 2.28. The van der Waals surface area contributed by atoms with Gasteiger partial charge in [0.15, 0.2) is 5.69 Å². The number of piperidine rings is 1. The van der Waals surface area contributed by atoms with Crippen LogP contribution in [0, 0.1) is 0 Å². The number of carbonyl (C=O) groups is 2. The second kappa shape index (κ2) is 10.5. The summed E-state index contributed by atoms with van der Waals surface area (Å²) in [5.74, 6) is -1.34. The maximum atomic E-state index is 13.1. The summed E-state index contributed by atoms with van der Waals surface area (Å²) in [6.45, 7) is 1.47. The van der Waals surface area contributed by atoms with Gasteiger partial charge in [0.1, 0.15) is 0 Å². The molecule has 0 radical (unpaired) electrons. The zero-order chi connectivity index (χ0) is 25.2. The molecule has 3 aromatic rings. The van der Waals surface area contributed by atoms with Crippen LogP contribution in [-0.4, -0.2) is 48.5 Å². The van der Waals surface area contributed by atoms with Crippen molar-refractivity contribution >= 4 is 62.3 Å². The third-order valence-corrected chi connectivity index (χ3v) is 7.81. The molecule has 2 heterocycles. The van der Waals surface area contributed by atoms with Gasteiger partial charge in [-0.15, -0.1) is 0 Å². The monoisotopic (exact) mass is 555 g/mol. The minimum atomic E-state index is -4.19. The van der Waals surface area contributed by atoms with Crippen molar-refractivity contribution in [2.45, 2.75) is 23.8 Å². The number of anilines is 1. The normalized spacial score (nSPS) is 14.5. The number of aromatic nitrogens is 2. The molecule has 9 nitrogen and oxygen atoms in total. The number of amides is 2. The van der Waals surface area contributed by atoms with E-state index in [2.05, 4.69) is 21.0 Å². The van der Waals surface area contributed by atoms with Gasteiger partial charge in [-0.25, -0.2) is 0 Å². The Balaban J connectivity index is 1.71. The molecule has 1 saturated heterocycles. The number of nitrogens with one attached hydrogen (secondary N) is 3. The van der Waals surface area contributed by atoms with E-state index in [1.165, 1.54) is 36.4 Å². The summed E-state index contributed by atoms with van der Waals surface area (Å²) in [6.07, 6.45) is 2.46. The lowest BCUT2D eigenvalue weighted by Gasteiger charge is -2.23. The molecule has 0 bridgehead atoms. The summed E-state index contributed by atoms with van der Waals surface area (Å²) in [5.41, 5.74) is -0.401. The number of hydrogen-bond acceptors (Lipinski definition) is 6. The van der Waals surface area contributed by atoms with Gasteiger partial charge >= 0.3 is 0 Å². The molecule has 35 heavy (non-hydrogen) atoms. The second-order valence-electron chi connectivity index (χ2n) is 7.77. The smallest absolute Gasteiger partial charge is 0.283 e. The van der Waals surface area contributed by atoms with E-state index in [1.54, 1.807) is 6.07 Å². The first-order chi connectivity index (χ1) is 16.7. The van der Waals surface area contributed by atoms with Crippen LogP contribution in [0.3, 0.4) is 0 Å². The third kappa shape index (κ3) is 5.62. The highest BCUT2D eigenvalue weighted by Crippen LogP contribution is 2.27. The average Bonchev–Trinajstić information content (AvgIpc) is 3.24. The van der Waals surface area contributed by atoms with Gasteiger partial charge in [-0.3, -0.25) is 9.59 Å². The molecule has 3 N–H and O–H groups in total. The van der Waals surface area contributed by atoms with Gasteiger partial charge in [-0.1, -0.05) is 40.9 Å². The van der Waals surface area contributed by atoms with Gasteiger partial charge in [0, 0.05) is 11.1 Å². The maximum absolute atomic E-state index is 13.1. The van der Waals surface area contributed by atoms with Crippen LogP contribution in [0.25, 0.3) is 0 Å². The molecule has 184 valence electrons. The number of rotatable bonds is 6. The number of carbonyl (C=O) groups excluding carboxylic acids is 2. The maximum Gasteiger partial charge on any atom is 0.283 e. The van der Waals surface area contributed by atoms with Gasteiger partial charge in [0.2, 0.25) is 0 Å². The van der Waals surface area contributed by atoms with Crippen molar-refractivity contribution in [1.82, 2.24) is 19.8 Å². The zero-order valence-electron chi connectivity index (χ0n) is 18.1. The Kier molecular flexibility index (Phi) is 7.67. The Bertz CT molecular complexity index is 1350. The van der Waals surface area contributed by atoms with E-state index >= 15 is 0 Å². The lowest BCUT2D eigenvalue weighted by Crippen LogP contribution is -2.43. The fraction of sp³-hybridized carbons (Fsp3) is 0.227. The van der Waals surface area contributed by atoms with Gasteiger partial charge in [0.25, 0.3) is 21.8 Å². The molecule has 1 fully saturated rings. The van der Waals surface area contributed by atoms with Crippen molar-refractivity contribution < 1.29 is 18.0 Å². The van der Waals surface area contributed by atoms with Crippen molar-refractivity contribution in [2.24, 2.45) is 0 Å². The van der Waals surface area contributed by atoms with Crippen LogP contribution in [0.4, 0.5) is 5.69 Å². The van der Waals surface area contributed by atoms with Crippen molar-refractivity contribution in [3.05, 3.63) is 75.0 Å². The summed E-state index contributed by atoms with van der Waals surface area (Å²) in [7, 11) is -4.19. The van der Waals surface area contributed by atoms with E-state index in [0.717, 1.165) is 19.3 Å². The molecule has 1 aliphatic rings. The summed E-state index contributed by atoms with van der Waals surface area (Å²) in [6, 6.07) is 9.91. The number of benzene rings is 2. The summed E-state index contributed by atoms with van der Waals surface area (Å²) in [5, 5.41) is 13.2. The molecular weight excluding hydrogens is 537 g/mol. The van der Waals surface area contributed by atoms with Crippen LogP contribution in [0.5, 0.6) is 0 Å². The van der Waals surface area contributed by atoms with E-state index < -0.39 is 21.8 Å². The lowest BCUT2D eigenvalue weighted by molar-refractivity contribution is 0.0925. The first-order valence-corrected chi connectivity index (χ1v) is 13.1. The highest BCUT2D eigenvalue weighted by atomic mass is 35.5. The number of hydrogen-bond donors (Lipinski definition) is 3. The number of nitrogens with zero attached hydrogens (tertiary/aromatic N) is 2. The third-order valence-electron chi connectivity index (χ3n) is 5.38. The first-order valence-electron chi connectivity index (χ1n) is 10.5. The first kappa shape index (κ1) is 25.5. The van der Waals surface area contributed by atoms with Gasteiger partial charge < -0.3 is 16.0 Å². The van der Waals surface area contributed by atoms with E-state index in [4.69, 9.17) is 34.8 Å². The second-order valence-corrected chi connectivity index (χ2v) is 10.8. The molecular formula is C22H20Cl3N5O4S. The van der Waals surface area contributed by atoms with E-state index in [9.17, 15) is 18.0 Å². The minimum Gasteiger partial charge on any atom is -0.348 e. The van der Waals surface area contributed by atoms with Crippen molar-refractivity contribution in [1.29, 1.82) is 0 Å². The molecule has 1 aliphatic heterocycles. The molecule has 1 aromatic heterocycles. The molecule has 0 unspecified atom stereocenters. The summed E-state index contributed by atoms with van der Waals surface area (Å²) < 4.78 is 26.9. The zero-order valence-corrected chi connectivity index (χ0v) is 21.2. The minimum absolute atomic E-state index is 0.0196. The summed E-state index contributed by atoms with van der Waals surface area (Å²) in [4.78, 5) is 26.0. The molecule has 13 heteroatoms. The van der Waals surface area contributed by atoms with Crippen LogP contribution >= 0.6 is 34.8 Å². The number of halogens is 3. The molecule has 0 atom stereocenters. The Morgan fingerprint density at radius 3 is 2.23 bits per heavy atom. The molecule has 2 amide bonds. The predicted octanol–water partition coefficient (Wildman–Crippen LogP) is 3.81. The topological polar surface area (TPSA) is 122 Å². The van der Waals surface area contributed by atoms with Gasteiger partial charge in [0.05, 0.1) is 32.4 Å². The Morgan fingerprint density at radius 1 is 0.971 bits per heavy atom. The molecule has 0 aliphatic carbocycles. The van der Waals surface area contributed by atoms with Crippen LogP contribution < -0.4 is 16.0 Å². The largest absolute Gasteiger partial charge is 0.348 e. The SMILES string of the molecule is O=C(NC1CCNCC1)c1nn(S(=O)(=O)c2ccc(Cl)cc2)cc1NC(=O)c1c(Cl)cccc1Cl. The Hall–Kier alpha value is -2.63. The van der Waals surface area contributed by atoms with Crippen molar-refractivity contribution in [3.8, 4) is 0 Å². The molecule has 0 saturated carbocycles. The van der Waals surface area contributed by atoms with Crippen LogP contribution in [0.15, 0.2) is 53.6 Å². The molecule has 4 rings (SSSR count). The Morgan fingerprint density at radius 2 is 1.60 bits per heavy atom. The summed E-state index contributed by atoms with van der Waals surface area (Å²) >= 11 is 18.1. The van der Waals surface area contributed by atoms with Crippen LogP contribution in [0.2, 0.25) is 15.1 Å². The van der Waals surface area contributed by atoms with E-state index in [1.807, 2.05) is 0 Å². The highest BCUT2D eigenvalue weighted by molar-refractivity contribution is 7.89. The Labute approximate surface area is 216 Å². The van der Waals surface area contributed by atoms with E-state index in [-0.39, 0.29) is 37.9 Å². The predicted molar refractivity (Wildman–Crippen MR) is 134 cm³/mol. The lowest BCUT2D eigenvalue weighted by atomic mass is 10.1. The molecule has 2 aromatic carbocycles. The van der Waals surface area contributed by atoms with Crippen LogP contribution in [-0.2, 0) is 10.0 Å². The van der Waals surface area contributed by atoms with Gasteiger partial charge in [-0.2, -0.15) is 17.6 Å².